The number of nitrogens with one attached hydrogen (secondary N) is 1. The molecule has 0 atom stereocenters. The molecule has 3 aromatic carbocycles. The van der Waals surface area contributed by atoms with Crippen molar-refractivity contribution in [2.24, 2.45) is 0 Å². The fourth-order valence-corrected chi connectivity index (χ4v) is 2.71. The van der Waals surface area contributed by atoms with E-state index in [-0.39, 0.29) is 0 Å². The van der Waals surface area contributed by atoms with E-state index >= 15 is 0 Å². The maximum absolute atomic E-state index is 3.52. The molecule has 0 saturated carbocycles. The molecule has 0 saturated heterocycles. The Hall–Kier alpha value is -2.54. The van der Waals surface area contributed by atoms with Crippen LogP contribution in [0.2, 0.25) is 0 Å². The summed E-state index contributed by atoms with van der Waals surface area (Å²) in [5.41, 5.74) is 4.89. The SMILES string of the molecule is Cc1ccc(-c2cc3cc4ccccc4cc3[nH]2)cc1. The zero-order chi connectivity index (χ0) is 13.5. The van der Waals surface area contributed by atoms with E-state index in [1.165, 1.54) is 38.5 Å². The van der Waals surface area contributed by atoms with Gasteiger partial charge in [0.1, 0.15) is 0 Å². The first kappa shape index (κ1) is 11.3. The highest BCUT2D eigenvalue weighted by molar-refractivity contribution is 5.98. The van der Waals surface area contributed by atoms with Gasteiger partial charge in [-0.3, -0.25) is 0 Å². The van der Waals surface area contributed by atoms with Gasteiger partial charge in [-0.15, -0.1) is 0 Å². The van der Waals surface area contributed by atoms with Crippen LogP contribution in [0, 0.1) is 6.92 Å². The first-order chi connectivity index (χ1) is 9.79. The summed E-state index contributed by atoms with van der Waals surface area (Å²) >= 11 is 0. The van der Waals surface area contributed by atoms with E-state index in [1.54, 1.807) is 0 Å². The number of H-pyrrole nitrogens is 1. The molecule has 4 rings (SSSR count). The molecule has 0 aliphatic rings. The van der Waals surface area contributed by atoms with Crippen LogP contribution in [0.15, 0.2) is 66.7 Å². The largest absolute Gasteiger partial charge is 0.355 e. The van der Waals surface area contributed by atoms with Crippen molar-refractivity contribution in [3.8, 4) is 11.3 Å². The number of fused-ring (bicyclic) bond motifs is 2. The quantitative estimate of drug-likeness (QED) is 0.476. The maximum Gasteiger partial charge on any atom is 0.0465 e. The lowest BCUT2D eigenvalue weighted by Gasteiger charge is -1.98. The minimum absolute atomic E-state index is 1.18. The lowest BCUT2D eigenvalue weighted by molar-refractivity contribution is 1.42. The van der Waals surface area contributed by atoms with Crippen LogP contribution in [0.4, 0.5) is 0 Å². The summed E-state index contributed by atoms with van der Waals surface area (Å²) in [6.07, 6.45) is 0. The summed E-state index contributed by atoms with van der Waals surface area (Å²) in [5, 5.41) is 3.83. The van der Waals surface area contributed by atoms with Crippen molar-refractivity contribution in [3.63, 3.8) is 0 Å². The van der Waals surface area contributed by atoms with Gasteiger partial charge in [0.15, 0.2) is 0 Å². The molecule has 1 N–H and O–H groups in total. The van der Waals surface area contributed by atoms with Gasteiger partial charge in [-0.2, -0.15) is 0 Å². The molecular formula is C19H15N. The minimum Gasteiger partial charge on any atom is -0.355 e. The predicted molar refractivity (Wildman–Crippen MR) is 86.0 cm³/mol. The molecule has 0 radical (unpaired) electrons. The van der Waals surface area contributed by atoms with Gasteiger partial charge in [-0.1, -0.05) is 54.1 Å². The third-order valence-electron chi connectivity index (χ3n) is 3.85. The van der Waals surface area contributed by atoms with E-state index in [0.29, 0.717) is 0 Å². The van der Waals surface area contributed by atoms with Crippen LogP contribution in [0.3, 0.4) is 0 Å². The number of aryl methyl sites for hydroxylation is 1. The average Bonchev–Trinajstić information content (AvgIpc) is 2.88. The fourth-order valence-electron chi connectivity index (χ4n) is 2.71. The molecule has 4 aromatic rings. The van der Waals surface area contributed by atoms with E-state index in [0.717, 1.165) is 0 Å². The normalized spacial score (nSPS) is 11.2. The molecule has 20 heavy (non-hydrogen) atoms. The highest BCUT2D eigenvalue weighted by atomic mass is 14.7. The Morgan fingerprint density at radius 1 is 0.700 bits per heavy atom. The van der Waals surface area contributed by atoms with Crippen molar-refractivity contribution < 1.29 is 0 Å². The van der Waals surface area contributed by atoms with Crippen LogP contribution >= 0.6 is 0 Å². The lowest BCUT2D eigenvalue weighted by atomic mass is 10.1. The van der Waals surface area contributed by atoms with Gasteiger partial charge >= 0.3 is 0 Å². The van der Waals surface area contributed by atoms with Gasteiger partial charge < -0.3 is 4.98 Å². The smallest absolute Gasteiger partial charge is 0.0465 e. The molecule has 0 aliphatic carbocycles. The number of aromatic nitrogens is 1. The van der Waals surface area contributed by atoms with Crippen molar-refractivity contribution in [1.82, 2.24) is 4.98 Å². The lowest BCUT2D eigenvalue weighted by Crippen LogP contribution is -1.77. The third-order valence-corrected chi connectivity index (χ3v) is 3.85. The van der Waals surface area contributed by atoms with Crippen molar-refractivity contribution in [2.45, 2.75) is 6.92 Å². The van der Waals surface area contributed by atoms with Gasteiger partial charge in [0, 0.05) is 16.6 Å². The fraction of sp³-hybridized carbons (Fsp3) is 0.0526. The third kappa shape index (κ3) is 1.79. The van der Waals surface area contributed by atoms with Crippen LogP contribution in [-0.4, -0.2) is 4.98 Å². The molecule has 0 spiro atoms. The van der Waals surface area contributed by atoms with E-state index in [1.807, 2.05) is 0 Å². The van der Waals surface area contributed by atoms with Crippen LogP contribution in [0.25, 0.3) is 32.9 Å². The molecule has 1 nitrogen and oxygen atoms in total. The van der Waals surface area contributed by atoms with Gasteiger partial charge in [0.25, 0.3) is 0 Å². The average molecular weight is 257 g/mol. The summed E-state index contributed by atoms with van der Waals surface area (Å²) in [6, 6.07) is 23.8. The molecule has 1 heterocycles. The Bertz CT molecular complexity index is 846. The van der Waals surface area contributed by atoms with Crippen molar-refractivity contribution in [3.05, 3.63) is 72.3 Å². The molecule has 0 fully saturated rings. The van der Waals surface area contributed by atoms with Crippen molar-refractivity contribution >= 4 is 21.7 Å². The van der Waals surface area contributed by atoms with E-state index in [2.05, 4.69) is 78.6 Å². The highest BCUT2D eigenvalue weighted by Crippen LogP contribution is 2.27. The molecule has 0 amide bonds. The molecular weight excluding hydrogens is 242 g/mol. The van der Waals surface area contributed by atoms with Crippen molar-refractivity contribution in [1.29, 1.82) is 0 Å². The molecule has 1 heteroatoms. The molecule has 0 bridgehead atoms. The van der Waals surface area contributed by atoms with Gasteiger partial charge in [0.2, 0.25) is 0 Å². The highest BCUT2D eigenvalue weighted by Gasteiger charge is 2.04. The Labute approximate surface area is 117 Å². The number of benzene rings is 3. The Morgan fingerprint density at radius 2 is 1.40 bits per heavy atom. The van der Waals surface area contributed by atoms with E-state index < -0.39 is 0 Å². The number of hydrogen-bond acceptors (Lipinski definition) is 0. The molecule has 96 valence electrons. The summed E-state index contributed by atoms with van der Waals surface area (Å²) in [5.74, 6) is 0. The second-order valence-electron chi connectivity index (χ2n) is 5.34. The summed E-state index contributed by atoms with van der Waals surface area (Å²) in [6.45, 7) is 2.11. The zero-order valence-electron chi connectivity index (χ0n) is 11.4. The second kappa shape index (κ2) is 4.24. The van der Waals surface area contributed by atoms with Crippen LogP contribution in [0.1, 0.15) is 5.56 Å². The summed E-state index contributed by atoms with van der Waals surface area (Å²) in [4.78, 5) is 3.52. The van der Waals surface area contributed by atoms with Gasteiger partial charge in [-0.25, -0.2) is 0 Å². The summed E-state index contributed by atoms with van der Waals surface area (Å²) < 4.78 is 0. The second-order valence-corrected chi connectivity index (χ2v) is 5.34. The van der Waals surface area contributed by atoms with E-state index in [4.69, 9.17) is 0 Å². The standard InChI is InChI=1S/C19H15N/c1-13-6-8-14(9-7-13)18-12-17-10-15-4-2-3-5-16(15)11-19(17)20-18/h2-12,20H,1H3. The molecule has 0 unspecified atom stereocenters. The monoisotopic (exact) mass is 257 g/mol. The number of aromatic amines is 1. The first-order valence-electron chi connectivity index (χ1n) is 6.88. The van der Waals surface area contributed by atoms with Crippen LogP contribution < -0.4 is 0 Å². The predicted octanol–water partition coefficient (Wildman–Crippen LogP) is 5.30. The number of hydrogen-bond donors (Lipinski definition) is 1. The summed E-state index contributed by atoms with van der Waals surface area (Å²) in [7, 11) is 0. The Morgan fingerprint density at radius 3 is 2.15 bits per heavy atom. The van der Waals surface area contributed by atoms with Crippen LogP contribution in [-0.2, 0) is 0 Å². The van der Waals surface area contributed by atoms with E-state index in [9.17, 15) is 0 Å². The molecule has 0 aliphatic heterocycles. The number of rotatable bonds is 1. The zero-order valence-corrected chi connectivity index (χ0v) is 11.4. The Kier molecular flexibility index (Phi) is 2.40. The topological polar surface area (TPSA) is 15.8 Å². The minimum atomic E-state index is 1.18. The Balaban J connectivity index is 1.93. The van der Waals surface area contributed by atoms with Gasteiger partial charge in [-0.05, 0) is 41.5 Å². The first-order valence-corrected chi connectivity index (χ1v) is 6.88. The maximum atomic E-state index is 3.52. The van der Waals surface area contributed by atoms with Crippen LogP contribution in [0.5, 0.6) is 0 Å². The van der Waals surface area contributed by atoms with Crippen molar-refractivity contribution in [2.75, 3.05) is 0 Å². The van der Waals surface area contributed by atoms with Gasteiger partial charge in [0.05, 0.1) is 0 Å². The molecule has 1 aromatic heterocycles.